The molecule has 1 aromatic rings. The van der Waals surface area contributed by atoms with Crippen LogP contribution in [0.3, 0.4) is 0 Å². The average molecular weight is 240 g/mol. The first kappa shape index (κ1) is 12.5. The van der Waals surface area contributed by atoms with Gasteiger partial charge in [-0.1, -0.05) is 11.8 Å². The number of hydrogen-bond donors (Lipinski definition) is 2. The Labute approximate surface area is 94.6 Å². The minimum Gasteiger partial charge on any atom is -0.384 e. The number of nitrogens with zero attached hydrogens (tertiary/aromatic N) is 1. The molecule has 1 aromatic heterocycles. The molecule has 6 heteroatoms. The minimum atomic E-state index is -3.32. The van der Waals surface area contributed by atoms with Crippen molar-refractivity contribution >= 4 is 15.8 Å². The fraction of sp³-hybridized carbons (Fsp3) is 0.300. The summed E-state index contributed by atoms with van der Waals surface area (Å²) in [6.45, 7) is 1.30. The zero-order chi connectivity index (χ0) is 12.0. The van der Waals surface area contributed by atoms with Gasteiger partial charge < -0.3 is 5.11 Å². The second kappa shape index (κ2) is 5.49. The summed E-state index contributed by atoms with van der Waals surface area (Å²) in [5.74, 6) is 5.35. The quantitative estimate of drug-likeness (QED) is 0.739. The Balaban J connectivity index is 2.91. The molecule has 2 N–H and O–H groups in total. The maximum absolute atomic E-state index is 11.3. The van der Waals surface area contributed by atoms with Gasteiger partial charge in [-0.25, -0.2) is 13.4 Å². The lowest BCUT2D eigenvalue weighted by molar-refractivity contribution is 0.350. The van der Waals surface area contributed by atoms with Crippen molar-refractivity contribution in [2.75, 3.05) is 17.1 Å². The molecule has 0 bridgehead atoms. The molecule has 86 valence electrons. The molecule has 0 aliphatic carbocycles. The number of anilines is 1. The molecule has 0 unspecified atom stereocenters. The van der Waals surface area contributed by atoms with Gasteiger partial charge in [0, 0.05) is 11.8 Å². The van der Waals surface area contributed by atoms with Crippen LogP contribution in [-0.2, 0) is 10.0 Å². The van der Waals surface area contributed by atoms with E-state index in [-0.39, 0.29) is 18.2 Å². The second-order valence-electron chi connectivity index (χ2n) is 2.90. The highest BCUT2D eigenvalue weighted by atomic mass is 32.2. The van der Waals surface area contributed by atoms with E-state index in [0.717, 1.165) is 0 Å². The first-order valence-corrected chi connectivity index (χ1v) is 6.29. The Morgan fingerprint density at radius 2 is 2.31 bits per heavy atom. The smallest absolute Gasteiger partial charge is 0.233 e. The lowest BCUT2D eigenvalue weighted by Crippen LogP contribution is -2.15. The van der Waals surface area contributed by atoms with Crippen molar-refractivity contribution in [3.63, 3.8) is 0 Å². The Morgan fingerprint density at radius 3 is 2.94 bits per heavy atom. The van der Waals surface area contributed by atoms with Crippen molar-refractivity contribution in [2.24, 2.45) is 0 Å². The third-order valence-electron chi connectivity index (χ3n) is 1.71. The topological polar surface area (TPSA) is 79.3 Å². The van der Waals surface area contributed by atoms with Crippen molar-refractivity contribution < 1.29 is 13.5 Å². The standard InChI is InChI=1S/C10H12N2O3S/c1-2-16(14,15)12-10-8-9(4-3-7-13)5-6-11-10/h5-6,8,13H,2,7H2,1H3,(H,11,12). The van der Waals surface area contributed by atoms with Gasteiger partial charge in [0.05, 0.1) is 5.75 Å². The molecule has 0 radical (unpaired) electrons. The predicted octanol–water partition coefficient (Wildman–Crippen LogP) is 0.187. The van der Waals surface area contributed by atoms with Crippen LogP contribution in [0.1, 0.15) is 12.5 Å². The maximum atomic E-state index is 11.3. The molecule has 0 aromatic carbocycles. The summed E-state index contributed by atoms with van der Waals surface area (Å²) in [4.78, 5) is 3.86. The SMILES string of the molecule is CCS(=O)(=O)Nc1cc(C#CCO)ccn1. The molecule has 0 fully saturated rings. The molecule has 0 atom stereocenters. The third kappa shape index (κ3) is 3.88. The number of rotatable bonds is 3. The Bertz CT molecular complexity index is 514. The fourth-order valence-electron chi connectivity index (χ4n) is 0.937. The van der Waals surface area contributed by atoms with E-state index in [2.05, 4.69) is 21.5 Å². The average Bonchev–Trinajstić information content (AvgIpc) is 2.26. The van der Waals surface area contributed by atoms with Crippen molar-refractivity contribution in [2.45, 2.75) is 6.92 Å². The monoisotopic (exact) mass is 240 g/mol. The maximum Gasteiger partial charge on any atom is 0.233 e. The van der Waals surface area contributed by atoms with Crippen molar-refractivity contribution in [3.05, 3.63) is 23.9 Å². The molecule has 0 spiro atoms. The molecule has 0 amide bonds. The third-order valence-corrected chi connectivity index (χ3v) is 2.99. The fourth-order valence-corrected chi connectivity index (χ4v) is 1.51. The van der Waals surface area contributed by atoms with Crippen molar-refractivity contribution in [3.8, 4) is 11.8 Å². The van der Waals surface area contributed by atoms with Gasteiger partial charge in [0.1, 0.15) is 12.4 Å². The number of sulfonamides is 1. The van der Waals surface area contributed by atoms with Crippen LogP contribution in [0.5, 0.6) is 0 Å². The van der Waals surface area contributed by atoms with Gasteiger partial charge in [-0.2, -0.15) is 0 Å². The lowest BCUT2D eigenvalue weighted by atomic mass is 10.2. The van der Waals surface area contributed by atoms with E-state index < -0.39 is 10.0 Å². The predicted molar refractivity (Wildman–Crippen MR) is 61.3 cm³/mol. The number of aliphatic hydroxyl groups is 1. The summed E-state index contributed by atoms with van der Waals surface area (Å²) in [5.41, 5.74) is 0.595. The number of hydrogen-bond acceptors (Lipinski definition) is 4. The molecular weight excluding hydrogens is 228 g/mol. The van der Waals surface area contributed by atoms with Gasteiger partial charge in [-0.05, 0) is 19.1 Å². The van der Waals surface area contributed by atoms with Crippen LogP contribution in [0.15, 0.2) is 18.3 Å². The normalized spacial score (nSPS) is 10.4. The molecule has 0 saturated heterocycles. The van der Waals surface area contributed by atoms with E-state index in [9.17, 15) is 8.42 Å². The molecule has 0 saturated carbocycles. The molecule has 1 heterocycles. The molecular formula is C10H12N2O3S. The van der Waals surface area contributed by atoms with E-state index in [1.165, 1.54) is 19.2 Å². The summed E-state index contributed by atoms with van der Waals surface area (Å²) >= 11 is 0. The molecule has 1 rings (SSSR count). The second-order valence-corrected chi connectivity index (χ2v) is 4.91. The highest BCUT2D eigenvalue weighted by Gasteiger charge is 2.07. The number of pyridine rings is 1. The number of aromatic nitrogens is 1. The lowest BCUT2D eigenvalue weighted by Gasteiger charge is -2.04. The van der Waals surface area contributed by atoms with E-state index in [1.807, 2.05) is 0 Å². The first-order chi connectivity index (χ1) is 7.57. The van der Waals surface area contributed by atoms with Gasteiger partial charge in [-0.15, -0.1) is 0 Å². The van der Waals surface area contributed by atoms with Crippen molar-refractivity contribution in [1.82, 2.24) is 4.98 Å². The van der Waals surface area contributed by atoms with Crippen LogP contribution in [0.25, 0.3) is 0 Å². The van der Waals surface area contributed by atoms with Gasteiger partial charge in [0.2, 0.25) is 10.0 Å². The van der Waals surface area contributed by atoms with Crippen LogP contribution < -0.4 is 4.72 Å². The van der Waals surface area contributed by atoms with Crippen LogP contribution in [0.2, 0.25) is 0 Å². The van der Waals surface area contributed by atoms with Crippen LogP contribution >= 0.6 is 0 Å². The Hall–Kier alpha value is -1.58. The van der Waals surface area contributed by atoms with Gasteiger partial charge in [-0.3, -0.25) is 4.72 Å². The van der Waals surface area contributed by atoms with Gasteiger partial charge >= 0.3 is 0 Å². The van der Waals surface area contributed by atoms with Gasteiger partial charge in [0.15, 0.2) is 0 Å². The van der Waals surface area contributed by atoms with E-state index >= 15 is 0 Å². The Kier molecular flexibility index (Phi) is 4.28. The number of aliphatic hydroxyl groups excluding tert-OH is 1. The minimum absolute atomic E-state index is 0.0127. The first-order valence-electron chi connectivity index (χ1n) is 4.63. The number of nitrogens with one attached hydrogen (secondary N) is 1. The summed E-state index contributed by atoms with van der Waals surface area (Å²) in [6.07, 6.45) is 1.45. The molecule has 16 heavy (non-hydrogen) atoms. The highest BCUT2D eigenvalue weighted by molar-refractivity contribution is 7.92. The molecule has 0 aliphatic heterocycles. The van der Waals surface area contributed by atoms with Crippen LogP contribution in [0, 0.1) is 11.8 Å². The van der Waals surface area contributed by atoms with Crippen LogP contribution in [-0.4, -0.2) is 30.9 Å². The summed E-state index contributed by atoms with van der Waals surface area (Å²) in [6, 6.07) is 3.14. The van der Waals surface area contributed by atoms with E-state index in [0.29, 0.717) is 5.56 Å². The summed E-state index contributed by atoms with van der Waals surface area (Å²) in [7, 11) is -3.32. The van der Waals surface area contributed by atoms with E-state index in [1.54, 1.807) is 6.07 Å². The molecule has 5 nitrogen and oxygen atoms in total. The van der Waals surface area contributed by atoms with E-state index in [4.69, 9.17) is 5.11 Å². The van der Waals surface area contributed by atoms with Crippen LogP contribution in [0.4, 0.5) is 5.82 Å². The van der Waals surface area contributed by atoms with Gasteiger partial charge in [0.25, 0.3) is 0 Å². The largest absolute Gasteiger partial charge is 0.384 e. The zero-order valence-electron chi connectivity index (χ0n) is 8.77. The highest BCUT2D eigenvalue weighted by Crippen LogP contribution is 2.07. The zero-order valence-corrected chi connectivity index (χ0v) is 9.58. The summed E-state index contributed by atoms with van der Waals surface area (Å²) in [5, 5.41) is 8.52. The summed E-state index contributed by atoms with van der Waals surface area (Å²) < 4.78 is 24.8. The molecule has 0 aliphatic rings. The Morgan fingerprint density at radius 1 is 1.56 bits per heavy atom. The van der Waals surface area contributed by atoms with Crippen molar-refractivity contribution in [1.29, 1.82) is 0 Å².